The molecule has 2 aromatic rings. The number of carbonyl (C=O) groups excluding carboxylic acids is 1. The quantitative estimate of drug-likeness (QED) is 0.525. The number of hydrogen-bond acceptors (Lipinski definition) is 6. The molecule has 190 valence electrons. The Bertz CT molecular complexity index is 1010. The lowest BCUT2D eigenvalue weighted by atomic mass is 9.81. The number of likely N-dealkylation sites (tertiary alicyclic amines) is 1. The Morgan fingerprint density at radius 2 is 1.83 bits per heavy atom. The first kappa shape index (κ1) is 25.3. The van der Waals surface area contributed by atoms with Gasteiger partial charge >= 0.3 is 0 Å². The fraction of sp³-hybridized carbons (Fsp3) is 0.536. The second kappa shape index (κ2) is 10.9. The van der Waals surface area contributed by atoms with Crippen LogP contribution in [0.3, 0.4) is 0 Å². The van der Waals surface area contributed by atoms with E-state index in [1.165, 1.54) is 0 Å². The Morgan fingerprint density at radius 3 is 2.51 bits per heavy atom. The number of amides is 1. The van der Waals surface area contributed by atoms with Crippen LogP contribution >= 0.6 is 0 Å². The number of benzene rings is 2. The van der Waals surface area contributed by atoms with E-state index in [0.717, 1.165) is 30.6 Å². The number of rotatable bonds is 8. The Morgan fingerprint density at radius 1 is 1.09 bits per heavy atom. The predicted octanol–water partition coefficient (Wildman–Crippen LogP) is 5.03. The van der Waals surface area contributed by atoms with Crippen molar-refractivity contribution in [3.63, 3.8) is 0 Å². The molecule has 0 saturated carbocycles. The van der Waals surface area contributed by atoms with E-state index in [0.29, 0.717) is 36.8 Å². The highest BCUT2D eigenvalue weighted by Crippen LogP contribution is 2.46. The number of nitrogens with zero attached hydrogens (tertiary/aromatic N) is 1. The third-order valence-electron chi connectivity index (χ3n) is 6.68. The maximum absolute atomic E-state index is 13.3. The van der Waals surface area contributed by atoms with Crippen LogP contribution in [0.25, 0.3) is 0 Å². The summed E-state index contributed by atoms with van der Waals surface area (Å²) >= 11 is 0. The van der Waals surface area contributed by atoms with E-state index < -0.39 is 0 Å². The summed E-state index contributed by atoms with van der Waals surface area (Å²) < 4.78 is 29.5. The van der Waals surface area contributed by atoms with Gasteiger partial charge in [0.2, 0.25) is 0 Å². The highest BCUT2D eigenvalue weighted by Gasteiger charge is 2.44. The number of ether oxygens (including phenoxy) is 5. The van der Waals surface area contributed by atoms with Gasteiger partial charge in [0, 0.05) is 50.6 Å². The third kappa shape index (κ3) is 5.73. The Labute approximate surface area is 208 Å². The zero-order valence-electron chi connectivity index (χ0n) is 21.4. The van der Waals surface area contributed by atoms with Crippen LogP contribution in [0.15, 0.2) is 42.5 Å². The zero-order valence-corrected chi connectivity index (χ0v) is 21.4. The van der Waals surface area contributed by atoms with Gasteiger partial charge in [-0.3, -0.25) is 4.79 Å². The summed E-state index contributed by atoms with van der Waals surface area (Å²) in [6.45, 7) is 7.73. The minimum Gasteiger partial charge on any atom is -0.493 e. The lowest BCUT2D eigenvalue weighted by Gasteiger charge is -2.47. The minimum absolute atomic E-state index is 0.00743. The summed E-state index contributed by atoms with van der Waals surface area (Å²) in [4.78, 5) is 15.2. The molecule has 1 fully saturated rings. The molecule has 2 atom stereocenters. The van der Waals surface area contributed by atoms with Gasteiger partial charge in [-0.1, -0.05) is 18.2 Å². The van der Waals surface area contributed by atoms with Crippen LogP contribution in [0.2, 0.25) is 0 Å². The molecule has 7 heteroatoms. The van der Waals surface area contributed by atoms with Gasteiger partial charge in [0.1, 0.15) is 11.4 Å². The van der Waals surface area contributed by atoms with Crippen molar-refractivity contribution in [2.45, 2.75) is 63.9 Å². The average Bonchev–Trinajstić information content (AvgIpc) is 2.84. The zero-order chi connectivity index (χ0) is 25.0. The lowest BCUT2D eigenvalue weighted by molar-refractivity contribution is -0.103. The van der Waals surface area contributed by atoms with E-state index in [9.17, 15) is 4.79 Å². The molecule has 0 aromatic heterocycles. The molecular weight excluding hydrogens is 446 g/mol. The number of para-hydroxylation sites is 1. The molecule has 35 heavy (non-hydrogen) atoms. The van der Waals surface area contributed by atoms with Crippen molar-refractivity contribution >= 4 is 5.91 Å². The van der Waals surface area contributed by atoms with Crippen LogP contribution in [0.4, 0.5) is 0 Å². The van der Waals surface area contributed by atoms with Gasteiger partial charge in [0.15, 0.2) is 11.5 Å². The van der Waals surface area contributed by atoms with Crippen LogP contribution in [0.1, 0.15) is 62.1 Å². The number of methoxy groups -OCH3 is 2. The molecule has 0 bridgehead atoms. The van der Waals surface area contributed by atoms with Crippen LogP contribution < -0.4 is 14.2 Å². The molecule has 2 aromatic carbocycles. The summed E-state index contributed by atoms with van der Waals surface area (Å²) in [6, 6.07) is 13.5. The molecule has 1 spiro atoms. The monoisotopic (exact) mass is 483 g/mol. The van der Waals surface area contributed by atoms with Crippen molar-refractivity contribution in [3.05, 3.63) is 53.6 Å². The van der Waals surface area contributed by atoms with E-state index in [-0.39, 0.29) is 29.8 Å². The van der Waals surface area contributed by atoms with Gasteiger partial charge in [-0.25, -0.2) is 0 Å². The van der Waals surface area contributed by atoms with Gasteiger partial charge in [0.25, 0.3) is 5.91 Å². The Balaban J connectivity index is 1.46. The number of carbonyl (C=O) groups is 1. The topological polar surface area (TPSA) is 66.5 Å². The minimum atomic E-state index is -0.352. The van der Waals surface area contributed by atoms with Gasteiger partial charge in [-0.2, -0.15) is 0 Å². The molecule has 0 N–H and O–H groups in total. The molecule has 1 amide bonds. The van der Waals surface area contributed by atoms with Crippen LogP contribution in [-0.4, -0.2) is 62.5 Å². The van der Waals surface area contributed by atoms with E-state index in [4.69, 9.17) is 23.7 Å². The van der Waals surface area contributed by atoms with E-state index in [1.54, 1.807) is 26.4 Å². The maximum atomic E-state index is 13.3. The number of hydrogen-bond donors (Lipinski definition) is 0. The van der Waals surface area contributed by atoms with Crippen LogP contribution in [-0.2, 0) is 9.47 Å². The first-order valence-electron chi connectivity index (χ1n) is 12.4. The van der Waals surface area contributed by atoms with Crippen molar-refractivity contribution in [2.75, 3.05) is 33.9 Å². The molecule has 1 saturated heterocycles. The Hall–Kier alpha value is -2.77. The molecule has 0 aliphatic carbocycles. The molecular formula is C28H37NO6. The molecule has 7 nitrogen and oxygen atoms in total. The van der Waals surface area contributed by atoms with Crippen molar-refractivity contribution < 1.29 is 28.5 Å². The highest BCUT2D eigenvalue weighted by molar-refractivity contribution is 5.95. The largest absolute Gasteiger partial charge is 0.493 e. The average molecular weight is 484 g/mol. The van der Waals surface area contributed by atoms with Crippen molar-refractivity contribution in [3.8, 4) is 17.2 Å². The fourth-order valence-electron chi connectivity index (χ4n) is 5.00. The second-order valence-corrected chi connectivity index (χ2v) is 9.74. The smallest absolute Gasteiger partial charge is 0.253 e. The lowest BCUT2D eigenvalue weighted by Crippen LogP contribution is -2.52. The first-order valence-corrected chi connectivity index (χ1v) is 12.4. The molecule has 2 heterocycles. The predicted molar refractivity (Wildman–Crippen MR) is 133 cm³/mol. The normalized spacial score (nSPS) is 19.7. The van der Waals surface area contributed by atoms with E-state index in [1.807, 2.05) is 49.9 Å². The van der Waals surface area contributed by atoms with Gasteiger partial charge in [-0.05, 0) is 45.0 Å². The van der Waals surface area contributed by atoms with Crippen molar-refractivity contribution in [2.24, 2.45) is 0 Å². The third-order valence-corrected chi connectivity index (χ3v) is 6.68. The summed E-state index contributed by atoms with van der Waals surface area (Å²) in [5, 5.41) is 0. The van der Waals surface area contributed by atoms with Gasteiger partial charge in [-0.15, -0.1) is 0 Å². The summed E-state index contributed by atoms with van der Waals surface area (Å²) in [6.07, 6.45) is 2.19. The maximum Gasteiger partial charge on any atom is 0.253 e. The van der Waals surface area contributed by atoms with Crippen LogP contribution in [0, 0.1) is 0 Å². The number of fused-ring (bicyclic) bond motifs is 1. The molecule has 2 aliphatic rings. The van der Waals surface area contributed by atoms with Crippen molar-refractivity contribution in [1.29, 1.82) is 0 Å². The summed E-state index contributed by atoms with van der Waals surface area (Å²) in [5.74, 6) is 2.07. The molecule has 2 aliphatic heterocycles. The summed E-state index contributed by atoms with van der Waals surface area (Å²) in [5.41, 5.74) is 1.32. The molecule has 1 unspecified atom stereocenters. The highest BCUT2D eigenvalue weighted by atomic mass is 16.5. The van der Waals surface area contributed by atoms with Crippen molar-refractivity contribution in [1.82, 2.24) is 4.90 Å². The SMILES string of the molecule is COC[C@H](C)OC1CC2(CCN(C(=O)c3ccc(OC(C)C)c(OC)c3)CC2)Oc2ccccc21. The van der Waals surface area contributed by atoms with Crippen LogP contribution in [0.5, 0.6) is 17.2 Å². The van der Waals surface area contributed by atoms with Gasteiger partial charge < -0.3 is 28.6 Å². The van der Waals surface area contributed by atoms with E-state index in [2.05, 4.69) is 6.07 Å². The summed E-state index contributed by atoms with van der Waals surface area (Å²) in [7, 11) is 3.28. The van der Waals surface area contributed by atoms with Gasteiger partial charge in [0.05, 0.1) is 32.0 Å². The molecule has 0 radical (unpaired) electrons. The first-order chi connectivity index (χ1) is 16.8. The number of piperidine rings is 1. The molecule has 4 rings (SSSR count). The second-order valence-electron chi connectivity index (χ2n) is 9.74. The standard InChI is InChI=1S/C28H37NO6/c1-19(2)33-24-11-10-21(16-25(24)32-5)27(30)29-14-12-28(13-15-29)17-26(34-20(3)18-31-4)22-8-6-7-9-23(22)35-28/h6-11,16,19-20,26H,12-15,17-18H2,1-5H3/t20-,26?/m0/s1. The fourth-order valence-corrected chi connectivity index (χ4v) is 5.00. The Kier molecular flexibility index (Phi) is 7.87. The van der Waals surface area contributed by atoms with E-state index >= 15 is 0 Å².